The Hall–Kier alpha value is -4.27. The zero-order chi connectivity index (χ0) is 26.0. The summed E-state index contributed by atoms with van der Waals surface area (Å²) in [7, 11) is -3.84. The summed E-state index contributed by atoms with van der Waals surface area (Å²) in [6.45, 7) is 1.66. The first-order valence-corrected chi connectivity index (χ1v) is 13.2. The fourth-order valence-corrected chi connectivity index (χ4v) is 4.71. The molecule has 1 heterocycles. The van der Waals surface area contributed by atoms with Crippen LogP contribution in [-0.4, -0.2) is 19.5 Å². The Labute approximate surface area is 214 Å². The van der Waals surface area contributed by atoms with Gasteiger partial charge in [0.1, 0.15) is 5.69 Å². The molecule has 0 bridgehead atoms. The van der Waals surface area contributed by atoms with Crippen molar-refractivity contribution in [2.24, 2.45) is 5.14 Å². The number of hydrogen-bond acceptors (Lipinski definition) is 6. The Balaban J connectivity index is 1.43. The van der Waals surface area contributed by atoms with Crippen molar-refractivity contribution < 1.29 is 22.5 Å². The minimum Gasteiger partial charge on any atom is -0.457 e. The number of nitrogens with two attached hydrogens (primary N) is 1. The number of hydrogen-bond donors (Lipinski definition) is 1. The number of carbonyl (C=O) groups excluding carboxylic acids is 1. The summed E-state index contributed by atoms with van der Waals surface area (Å²) in [5, 5.41) is 11.6. The molecule has 5 rings (SSSR count). The number of carbonyl (C=O) groups is 1. The molecule has 4 aromatic carbocycles. The highest BCUT2D eigenvalue weighted by molar-refractivity contribution is 7.89. The Kier molecular flexibility index (Phi) is 6.60. The number of esters is 1. The molecule has 5 aromatic rings. The van der Waals surface area contributed by atoms with E-state index in [2.05, 4.69) is 5.16 Å². The Morgan fingerprint density at radius 2 is 1.57 bits per heavy atom. The van der Waals surface area contributed by atoms with Gasteiger partial charge in [-0.15, -0.1) is 0 Å². The van der Waals surface area contributed by atoms with Crippen molar-refractivity contribution in [2.45, 2.75) is 24.3 Å². The summed E-state index contributed by atoms with van der Waals surface area (Å²) in [5.41, 5.74) is 3.47. The van der Waals surface area contributed by atoms with Gasteiger partial charge in [0.05, 0.1) is 16.4 Å². The summed E-state index contributed by atoms with van der Waals surface area (Å²) >= 11 is 0. The summed E-state index contributed by atoms with van der Waals surface area (Å²) in [6.07, 6.45) is 0. The third-order valence-electron chi connectivity index (χ3n) is 6.25. The van der Waals surface area contributed by atoms with Gasteiger partial charge in [-0.2, -0.15) is 0 Å². The largest absolute Gasteiger partial charge is 0.457 e. The SMILES string of the molecule is CC(C(=O)OCc1onc(-c2ccccc2)c1-c1ccc(S(N)(=O)=O)cc1)c1ccc2ccccc2c1. The molecule has 0 spiro atoms. The monoisotopic (exact) mass is 512 g/mol. The smallest absolute Gasteiger partial charge is 0.313 e. The molecule has 0 aliphatic heterocycles. The number of primary sulfonamides is 1. The lowest BCUT2D eigenvalue weighted by molar-refractivity contribution is -0.147. The van der Waals surface area contributed by atoms with Gasteiger partial charge in [-0.3, -0.25) is 4.79 Å². The van der Waals surface area contributed by atoms with Crippen LogP contribution in [0.15, 0.2) is 106 Å². The van der Waals surface area contributed by atoms with Gasteiger partial charge in [-0.05, 0) is 41.0 Å². The Morgan fingerprint density at radius 1 is 0.892 bits per heavy atom. The molecule has 1 aromatic heterocycles. The zero-order valence-electron chi connectivity index (χ0n) is 20.0. The van der Waals surface area contributed by atoms with E-state index in [0.717, 1.165) is 21.9 Å². The second kappa shape index (κ2) is 10.0. The molecule has 186 valence electrons. The molecule has 2 N–H and O–H groups in total. The van der Waals surface area contributed by atoms with Crippen LogP contribution in [0.25, 0.3) is 33.2 Å². The van der Waals surface area contributed by atoms with Crippen LogP contribution >= 0.6 is 0 Å². The van der Waals surface area contributed by atoms with Gasteiger partial charge in [-0.25, -0.2) is 13.6 Å². The molecule has 0 radical (unpaired) electrons. The second-order valence-electron chi connectivity index (χ2n) is 8.70. The standard InChI is InChI=1S/C29H24N2O5S/c1-19(23-12-11-20-7-5-6-10-24(20)17-23)29(32)35-18-26-27(21-13-15-25(16-14-21)37(30,33)34)28(31-36-26)22-8-3-2-4-9-22/h2-17,19H,18H2,1H3,(H2,30,33,34). The summed E-state index contributed by atoms with van der Waals surface area (Å²) < 4.78 is 34.7. The van der Waals surface area contributed by atoms with Gasteiger partial charge in [0.2, 0.25) is 10.0 Å². The van der Waals surface area contributed by atoms with Crippen molar-refractivity contribution in [3.63, 3.8) is 0 Å². The molecule has 0 aliphatic rings. The first-order chi connectivity index (χ1) is 17.8. The highest BCUT2D eigenvalue weighted by Crippen LogP contribution is 2.35. The lowest BCUT2D eigenvalue weighted by Gasteiger charge is -2.13. The van der Waals surface area contributed by atoms with Crippen molar-refractivity contribution in [1.29, 1.82) is 0 Å². The number of sulfonamides is 1. The fourth-order valence-electron chi connectivity index (χ4n) is 4.20. The van der Waals surface area contributed by atoms with Crippen LogP contribution in [0.4, 0.5) is 0 Å². The molecule has 0 saturated heterocycles. The van der Waals surface area contributed by atoms with Gasteiger partial charge >= 0.3 is 5.97 Å². The maximum Gasteiger partial charge on any atom is 0.313 e. The summed E-state index contributed by atoms with van der Waals surface area (Å²) in [6, 6.07) is 29.4. The number of aromatic nitrogens is 1. The highest BCUT2D eigenvalue weighted by atomic mass is 32.2. The van der Waals surface area contributed by atoms with Gasteiger partial charge < -0.3 is 9.26 Å². The third-order valence-corrected chi connectivity index (χ3v) is 7.18. The van der Waals surface area contributed by atoms with Gasteiger partial charge in [0.25, 0.3) is 0 Å². The molecule has 37 heavy (non-hydrogen) atoms. The van der Waals surface area contributed by atoms with Crippen molar-refractivity contribution in [2.75, 3.05) is 0 Å². The van der Waals surface area contributed by atoms with Crippen LogP contribution in [0.2, 0.25) is 0 Å². The van der Waals surface area contributed by atoms with E-state index in [0.29, 0.717) is 22.6 Å². The molecule has 1 unspecified atom stereocenters. The van der Waals surface area contributed by atoms with Crippen LogP contribution in [0.5, 0.6) is 0 Å². The zero-order valence-corrected chi connectivity index (χ0v) is 20.8. The summed E-state index contributed by atoms with van der Waals surface area (Å²) in [4.78, 5) is 13.0. The van der Waals surface area contributed by atoms with Gasteiger partial charge in [0.15, 0.2) is 12.4 Å². The molecule has 1 atom stereocenters. The minimum atomic E-state index is -3.84. The number of benzene rings is 4. The van der Waals surface area contributed by atoms with Crippen molar-refractivity contribution in [3.8, 4) is 22.4 Å². The number of nitrogens with zero attached hydrogens (tertiary/aromatic N) is 1. The van der Waals surface area contributed by atoms with Crippen molar-refractivity contribution in [1.82, 2.24) is 5.16 Å². The van der Waals surface area contributed by atoms with E-state index in [1.165, 1.54) is 12.1 Å². The maximum absolute atomic E-state index is 13.0. The molecule has 0 fully saturated rings. The third kappa shape index (κ3) is 5.16. The lowest BCUT2D eigenvalue weighted by Crippen LogP contribution is -2.13. The van der Waals surface area contributed by atoms with E-state index in [4.69, 9.17) is 14.4 Å². The first kappa shape index (κ1) is 24.4. The topological polar surface area (TPSA) is 112 Å². The van der Waals surface area contributed by atoms with Crippen LogP contribution < -0.4 is 5.14 Å². The van der Waals surface area contributed by atoms with Gasteiger partial charge in [-0.1, -0.05) is 90.1 Å². The molecule has 0 aliphatic carbocycles. The van der Waals surface area contributed by atoms with Crippen LogP contribution in [0.3, 0.4) is 0 Å². The molecule has 8 heteroatoms. The van der Waals surface area contributed by atoms with Crippen LogP contribution in [0.1, 0.15) is 24.2 Å². The molecule has 7 nitrogen and oxygen atoms in total. The number of rotatable bonds is 7. The van der Waals surface area contributed by atoms with E-state index < -0.39 is 21.9 Å². The van der Waals surface area contributed by atoms with E-state index in [9.17, 15) is 13.2 Å². The molecular weight excluding hydrogens is 488 g/mol. The predicted octanol–water partition coefficient (Wildman–Crippen LogP) is 5.66. The van der Waals surface area contributed by atoms with Crippen molar-refractivity contribution in [3.05, 3.63) is 108 Å². The number of fused-ring (bicyclic) bond motifs is 1. The van der Waals surface area contributed by atoms with E-state index in [-0.39, 0.29) is 11.5 Å². The quantitative estimate of drug-likeness (QED) is 0.282. The normalized spacial score (nSPS) is 12.4. The fraction of sp³-hybridized carbons (Fsp3) is 0.103. The van der Waals surface area contributed by atoms with Crippen molar-refractivity contribution >= 4 is 26.8 Å². The molecular formula is C29H24N2O5S. The minimum absolute atomic E-state index is 0.00819. The Bertz CT molecular complexity index is 1680. The van der Waals surface area contributed by atoms with Gasteiger partial charge in [0, 0.05) is 5.56 Å². The Morgan fingerprint density at radius 3 is 2.27 bits per heavy atom. The second-order valence-corrected chi connectivity index (χ2v) is 10.3. The van der Waals surface area contributed by atoms with E-state index in [1.54, 1.807) is 19.1 Å². The highest BCUT2D eigenvalue weighted by Gasteiger charge is 2.23. The predicted molar refractivity (Wildman–Crippen MR) is 141 cm³/mol. The molecule has 0 saturated carbocycles. The van der Waals surface area contributed by atoms with Crippen LogP contribution in [0, 0.1) is 0 Å². The lowest BCUT2D eigenvalue weighted by atomic mass is 9.98. The van der Waals surface area contributed by atoms with Crippen LogP contribution in [-0.2, 0) is 26.2 Å². The van der Waals surface area contributed by atoms with E-state index >= 15 is 0 Å². The average Bonchev–Trinajstić information content (AvgIpc) is 3.35. The van der Waals surface area contributed by atoms with E-state index in [1.807, 2.05) is 72.8 Å². The molecule has 0 amide bonds. The maximum atomic E-state index is 13.0. The first-order valence-electron chi connectivity index (χ1n) is 11.6. The summed E-state index contributed by atoms with van der Waals surface area (Å²) in [5.74, 6) is -0.539. The average molecular weight is 513 g/mol. The number of ether oxygens (including phenoxy) is 1.